The van der Waals surface area contributed by atoms with Crippen LogP contribution in [0.15, 0.2) is 12.1 Å². The summed E-state index contributed by atoms with van der Waals surface area (Å²) in [5.41, 5.74) is 3.37. The zero-order valence-electron chi connectivity index (χ0n) is 13.4. The summed E-state index contributed by atoms with van der Waals surface area (Å²) < 4.78 is 5.38. The SMILES string of the molecule is COc1cc(C)cc(C)c1CNC(=O)NCC(C)(C)C. The maximum Gasteiger partial charge on any atom is 0.315 e. The van der Waals surface area contributed by atoms with Crippen molar-refractivity contribution >= 4 is 6.03 Å². The molecule has 0 aliphatic carbocycles. The van der Waals surface area contributed by atoms with Crippen LogP contribution in [0.1, 0.15) is 37.5 Å². The maximum atomic E-state index is 11.8. The molecule has 0 atom stereocenters. The predicted molar refractivity (Wildman–Crippen MR) is 82.2 cm³/mol. The number of methoxy groups -OCH3 is 1. The third-order valence-corrected chi connectivity index (χ3v) is 3.00. The number of ether oxygens (including phenoxy) is 1. The number of hydrogen-bond donors (Lipinski definition) is 2. The first-order valence-electron chi connectivity index (χ1n) is 6.89. The Bertz CT molecular complexity index is 476. The van der Waals surface area contributed by atoms with E-state index in [1.54, 1.807) is 7.11 Å². The van der Waals surface area contributed by atoms with Crippen LogP contribution >= 0.6 is 0 Å². The highest BCUT2D eigenvalue weighted by molar-refractivity contribution is 5.74. The van der Waals surface area contributed by atoms with Crippen molar-refractivity contribution in [2.45, 2.75) is 41.2 Å². The number of carbonyl (C=O) groups is 1. The molecule has 20 heavy (non-hydrogen) atoms. The molecule has 0 aliphatic heterocycles. The molecule has 1 rings (SSSR count). The minimum Gasteiger partial charge on any atom is -0.496 e. The van der Waals surface area contributed by atoms with Gasteiger partial charge in [-0.25, -0.2) is 4.79 Å². The molecule has 1 aromatic rings. The van der Waals surface area contributed by atoms with E-state index in [1.807, 2.05) is 19.9 Å². The van der Waals surface area contributed by atoms with Gasteiger partial charge in [-0.2, -0.15) is 0 Å². The quantitative estimate of drug-likeness (QED) is 0.889. The molecule has 0 bridgehead atoms. The molecular weight excluding hydrogens is 252 g/mol. The minimum atomic E-state index is -0.151. The number of aryl methyl sites for hydroxylation is 2. The Morgan fingerprint density at radius 1 is 1.20 bits per heavy atom. The lowest BCUT2D eigenvalue weighted by Crippen LogP contribution is -2.39. The molecule has 0 saturated carbocycles. The van der Waals surface area contributed by atoms with E-state index in [2.05, 4.69) is 37.5 Å². The summed E-state index contributed by atoms with van der Waals surface area (Å²) in [7, 11) is 1.65. The van der Waals surface area contributed by atoms with Crippen molar-refractivity contribution in [3.05, 3.63) is 28.8 Å². The molecule has 0 radical (unpaired) electrons. The average molecular weight is 278 g/mol. The van der Waals surface area contributed by atoms with Gasteiger partial charge in [0.05, 0.1) is 7.11 Å². The average Bonchev–Trinajstić information content (AvgIpc) is 2.33. The number of hydrogen-bond acceptors (Lipinski definition) is 2. The highest BCUT2D eigenvalue weighted by Crippen LogP contribution is 2.23. The Kier molecular flexibility index (Phi) is 5.43. The van der Waals surface area contributed by atoms with Gasteiger partial charge in [-0.3, -0.25) is 0 Å². The van der Waals surface area contributed by atoms with Gasteiger partial charge in [0.15, 0.2) is 0 Å². The van der Waals surface area contributed by atoms with E-state index >= 15 is 0 Å². The van der Waals surface area contributed by atoms with Gasteiger partial charge in [-0.1, -0.05) is 26.8 Å². The maximum absolute atomic E-state index is 11.8. The van der Waals surface area contributed by atoms with Crippen molar-refractivity contribution in [3.63, 3.8) is 0 Å². The Morgan fingerprint density at radius 3 is 2.40 bits per heavy atom. The van der Waals surface area contributed by atoms with Gasteiger partial charge >= 0.3 is 6.03 Å². The van der Waals surface area contributed by atoms with Crippen molar-refractivity contribution in [1.29, 1.82) is 0 Å². The number of amides is 2. The van der Waals surface area contributed by atoms with Crippen LogP contribution in [-0.4, -0.2) is 19.7 Å². The van der Waals surface area contributed by atoms with E-state index in [-0.39, 0.29) is 11.4 Å². The zero-order valence-corrected chi connectivity index (χ0v) is 13.4. The fourth-order valence-corrected chi connectivity index (χ4v) is 1.94. The normalized spacial score (nSPS) is 11.1. The van der Waals surface area contributed by atoms with Crippen molar-refractivity contribution < 1.29 is 9.53 Å². The van der Waals surface area contributed by atoms with E-state index < -0.39 is 0 Å². The lowest BCUT2D eigenvalue weighted by atomic mass is 9.97. The van der Waals surface area contributed by atoms with Crippen LogP contribution in [-0.2, 0) is 6.54 Å². The highest BCUT2D eigenvalue weighted by Gasteiger charge is 2.13. The number of urea groups is 1. The summed E-state index contributed by atoms with van der Waals surface area (Å²) in [5, 5.41) is 5.75. The number of carbonyl (C=O) groups excluding carboxylic acids is 1. The second-order valence-corrected chi connectivity index (χ2v) is 6.36. The molecule has 0 fully saturated rings. The van der Waals surface area contributed by atoms with Crippen molar-refractivity contribution in [1.82, 2.24) is 10.6 Å². The van der Waals surface area contributed by atoms with Gasteiger partial charge in [0.1, 0.15) is 5.75 Å². The molecule has 112 valence electrons. The van der Waals surface area contributed by atoms with Crippen LogP contribution in [0, 0.1) is 19.3 Å². The molecule has 2 N–H and O–H groups in total. The van der Waals surface area contributed by atoms with E-state index in [4.69, 9.17) is 4.74 Å². The molecule has 0 saturated heterocycles. The van der Waals surface area contributed by atoms with Crippen molar-refractivity contribution in [2.24, 2.45) is 5.41 Å². The monoisotopic (exact) mass is 278 g/mol. The zero-order chi connectivity index (χ0) is 15.3. The molecule has 0 aliphatic rings. The first-order valence-corrected chi connectivity index (χ1v) is 6.89. The summed E-state index contributed by atoms with van der Waals surface area (Å²) in [4.78, 5) is 11.8. The van der Waals surface area contributed by atoms with Gasteiger partial charge in [-0.05, 0) is 36.5 Å². The third kappa shape index (κ3) is 5.11. The lowest BCUT2D eigenvalue weighted by molar-refractivity contribution is 0.235. The van der Waals surface area contributed by atoms with Crippen LogP contribution in [0.3, 0.4) is 0 Å². The topological polar surface area (TPSA) is 50.4 Å². The number of nitrogens with one attached hydrogen (secondary N) is 2. The van der Waals surface area contributed by atoms with Gasteiger partial charge < -0.3 is 15.4 Å². The van der Waals surface area contributed by atoms with Crippen molar-refractivity contribution in [2.75, 3.05) is 13.7 Å². The smallest absolute Gasteiger partial charge is 0.315 e. The van der Waals surface area contributed by atoms with E-state index in [0.717, 1.165) is 22.4 Å². The predicted octanol–water partition coefficient (Wildman–Crippen LogP) is 3.16. The molecule has 0 unspecified atom stereocenters. The Balaban J connectivity index is 2.64. The Hall–Kier alpha value is -1.71. The molecule has 4 heteroatoms. The fraction of sp³-hybridized carbons (Fsp3) is 0.562. The van der Waals surface area contributed by atoms with Gasteiger partial charge in [0, 0.05) is 18.7 Å². The molecule has 0 heterocycles. The van der Waals surface area contributed by atoms with Gasteiger partial charge in [0.25, 0.3) is 0 Å². The van der Waals surface area contributed by atoms with Crippen LogP contribution in [0.4, 0.5) is 4.79 Å². The number of benzene rings is 1. The summed E-state index contributed by atoms with van der Waals surface area (Å²) in [6, 6.07) is 3.92. The Morgan fingerprint density at radius 2 is 1.85 bits per heavy atom. The molecule has 0 aromatic heterocycles. The van der Waals surface area contributed by atoms with Crippen LogP contribution < -0.4 is 15.4 Å². The van der Waals surface area contributed by atoms with E-state index in [0.29, 0.717) is 13.1 Å². The summed E-state index contributed by atoms with van der Waals surface area (Å²) >= 11 is 0. The molecule has 1 aromatic carbocycles. The highest BCUT2D eigenvalue weighted by atomic mass is 16.5. The second-order valence-electron chi connectivity index (χ2n) is 6.36. The second kappa shape index (κ2) is 6.64. The van der Waals surface area contributed by atoms with Gasteiger partial charge in [-0.15, -0.1) is 0 Å². The molecular formula is C16H26N2O2. The van der Waals surface area contributed by atoms with Crippen molar-refractivity contribution in [3.8, 4) is 5.75 Å². The summed E-state index contributed by atoms with van der Waals surface area (Å²) in [5.74, 6) is 0.818. The first-order chi connectivity index (χ1) is 9.23. The van der Waals surface area contributed by atoms with Crippen LogP contribution in [0.5, 0.6) is 5.75 Å². The fourth-order valence-electron chi connectivity index (χ4n) is 1.94. The summed E-state index contributed by atoms with van der Waals surface area (Å²) in [6.45, 7) is 11.4. The largest absolute Gasteiger partial charge is 0.496 e. The first kappa shape index (κ1) is 16.3. The van der Waals surface area contributed by atoms with Gasteiger partial charge in [0.2, 0.25) is 0 Å². The third-order valence-electron chi connectivity index (χ3n) is 3.00. The standard InChI is InChI=1S/C16H26N2O2/c1-11-7-12(2)13(14(8-11)20-6)9-17-15(19)18-10-16(3,4)5/h7-8H,9-10H2,1-6H3,(H2,17,18,19). The number of rotatable bonds is 4. The minimum absolute atomic E-state index is 0.0782. The van der Waals surface area contributed by atoms with Crippen LogP contribution in [0.2, 0.25) is 0 Å². The van der Waals surface area contributed by atoms with E-state index in [1.165, 1.54) is 0 Å². The van der Waals surface area contributed by atoms with E-state index in [9.17, 15) is 4.79 Å². The summed E-state index contributed by atoms with van der Waals surface area (Å²) in [6.07, 6.45) is 0. The van der Waals surface area contributed by atoms with Crippen LogP contribution in [0.25, 0.3) is 0 Å². The Labute approximate surface area is 121 Å². The lowest BCUT2D eigenvalue weighted by Gasteiger charge is -2.19. The molecule has 0 spiro atoms. The molecule has 2 amide bonds. The molecule has 4 nitrogen and oxygen atoms in total.